The summed E-state index contributed by atoms with van der Waals surface area (Å²) in [7, 11) is 0. The molecule has 1 fully saturated rings. The Bertz CT molecular complexity index is 764. The molecule has 0 aliphatic carbocycles. The van der Waals surface area contributed by atoms with Crippen molar-refractivity contribution in [2.45, 2.75) is 19.2 Å². The molecule has 2 aliphatic rings. The van der Waals surface area contributed by atoms with E-state index in [1.54, 1.807) is 12.4 Å². The molecule has 1 saturated heterocycles. The van der Waals surface area contributed by atoms with Gasteiger partial charge in [-0.05, 0) is 23.3 Å². The van der Waals surface area contributed by atoms with Gasteiger partial charge in [-0.25, -0.2) is 0 Å². The van der Waals surface area contributed by atoms with Crippen LogP contribution in [0.25, 0.3) is 0 Å². The van der Waals surface area contributed by atoms with Gasteiger partial charge in [0, 0.05) is 38.6 Å². The number of amides is 1. The third-order valence-electron chi connectivity index (χ3n) is 4.66. The van der Waals surface area contributed by atoms with Crippen molar-refractivity contribution in [3.8, 4) is 0 Å². The number of nitrogens with one attached hydrogen (secondary N) is 1. The van der Waals surface area contributed by atoms with Crippen LogP contribution in [0.1, 0.15) is 11.1 Å². The lowest BCUT2D eigenvalue weighted by Gasteiger charge is -2.16. The van der Waals surface area contributed by atoms with Crippen molar-refractivity contribution >= 4 is 11.6 Å². The molecular formula is C19H20N4O2. The van der Waals surface area contributed by atoms with Gasteiger partial charge in [-0.2, -0.15) is 0 Å². The minimum Gasteiger partial charge on any atom is -0.390 e. The highest BCUT2D eigenvalue weighted by Crippen LogP contribution is 2.28. The van der Waals surface area contributed by atoms with Gasteiger partial charge >= 0.3 is 0 Å². The molecule has 25 heavy (non-hydrogen) atoms. The quantitative estimate of drug-likeness (QED) is 0.900. The highest BCUT2D eigenvalue weighted by molar-refractivity contribution is 6.40. The monoisotopic (exact) mass is 336 g/mol. The largest absolute Gasteiger partial charge is 0.390 e. The van der Waals surface area contributed by atoms with Gasteiger partial charge in [0.1, 0.15) is 6.10 Å². The summed E-state index contributed by atoms with van der Waals surface area (Å²) in [5.74, 6) is -0.0975. The minimum atomic E-state index is -0.137. The molecule has 2 aliphatic heterocycles. The maximum absolute atomic E-state index is 12.5. The molecule has 0 bridgehead atoms. The molecule has 0 spiro atoms. The zero-order valence-electron chi connectivity index (χ0n) is 13.8. The van der Waals surface area contributed by atoms with E-state index in [2.05, 4.69) is 20.4 Å². The highest BCUT2D eigenvalue weighted by Gasteiger charge is 2.44. The topological polar surface area (TPSA) is 66.8 Å². The van der Waals surface area contributed by atoms with Crippen molar-refractivity contribution in [3.63, 3.8) is 0 Å². The molecule has 128 valence electrons. The molecule has 1 aromatic heterocycles. The molecule has 2 aromatic rings. The van der Waals surface area contributed by atoms with Crippen molar-refractivity contribution in [3.05, 3.63) is 66.0 Å². The van der Waals surface area contributed by atoms with E-state index in [9.17, 15) is 4.79 Å². The first-order valence-electron chi connectivity index (χ1n) is 8.46. The van der Waals surface area contributed by atoms with Gasteiger partial charge in [-0.3, -0.25) is 14.7 Å². The molecule has 0 radical (unpaired) electrons. The fourth-order valence-electron chi connectivity index (χ4n) is 3.37. The summed E-state index contributed by atoms with van der Waals surface area (Å²) < 4.78 is 0. The normalized spacial score (nSPS) is 22.2. The predicted molar refractivity (Wildman–Crippen MR) is 93.6 cm³/mol. The van der Waals surface area contributed by atoms with Crippen LogP contribution in [-0.2, 0) is 22.7 Å². The van der Waals surface area contributed by atoms with E-state index in [0.717, 1.165) is 25.2 Å². The number of hydrogen-bond donors (Lipinski definition) is 1. The van der Waals surface area contributed by atoms with Crippen LogP contribution in [-0.4, -0.2) is 40.7 Å². The van der Waals surface area contributed by atoms with E-state index in [0.29, 0.717) is 12.3 Å². The van der Waals surface area contributed by atoms with Gasteiger partial charge in [0.15, 0.2) is 5.71 Å². The van der Waals surface area contributed by atoms with Crippen LogP contribution in [0.4, 0.5) is 0 Å². The molecule has 4 rings (SSSR count). The van der Waals surface area contributed by atoms with Crippen LogP contribution < -0.4 is 5.32 Å². The first-order chi connectivity index (χ1) is 12.3. The lowest BCUT2D eigenvalue weighted by molar-refractivity contribution is -0.115. The van der Waals surface area contributed by atoms with E-state index in [-0.39, 0.29) is 17.9 Å². The Labute approximate surface area is 146 Å². The molecule has 0 saturated carbocycles. The molecule has 3 heterocycles. The highest BCUT2D eigenvalue weighted by atomic mass is 16.6. The standard InChI is InChI=1S/C19H20N4O2/c24-19(21-10-14-4-2-1-3-5-14)18-16-12-23(13-17(16)25-22-18)11-15-6-8-20-9-7-15/h1-9,16-17H,10-13H2,(H,21,24)/t16-,17+/m0/s1. The predicted octanol–water partition coefficient (Wildman–Crippen LogP) is 1.58. The van der Waals surface area contributed by atoms with E-state index < -0.39 is 0 Å². The smallest absolute Gasteiger partial charge is 0.269 e. The second kappa shape index (κ2) is 7.03. The molecule has 1 N–H and O–H groups in total. The number of carbonyl (C=O) groups is 1. The first kappa shape index (κ1) is 15.8. The Morgan fingerprint density at radius 1 is 1.12 bits per heavy atom. The average Bonchev–Trinajstić information content (AvgIpc) is 3.21. The number of nitrogens with zero attached hydrogens (tertiary/aromatic N) is 3. The molecule has 2 atom stereocenters. The Morgan fingerprint density at radius 3 is 2.72 bits per heavy atom. The van der Waals surface area contributed by atoms with Crippen LogP contribution in [0, 0.1) is 5.92 Å². The summed E-state index contributed by atoms with van der Waals surface area (Å²) in [6.07, 6.45) is 3.57. The van der Waals surface area contributed by atoms with Crippen molar-refractivity contribution in [1.82, 2.24) is 15.2 Å². The van der Waals surface area contributed by atoms with Crippen molar-refractivity contribution in [2.24, 2.45) is 11.1 Å². The average molecular weight is 336 g/mol. The fourth-order valence-corrected chi connectivity index (χ4v) is 3.37. The molecule has 6 nitrogen and oxygen atoms in total. The van der Waals surface area contributed by atoms with Gasteiger partial charge < -0.3 is 10.2 Å². The number of likely N-dealkylation sites (tertiary alicyclic amines) is 1. The second-order valence-corrected chi connectivity index (χ2v) is 6.44. The van der Waals surface area contributed by atoms with Gasteiger partial charge in [0.05, 0.1) is 5.92 Å². The van der Waals surface area contributed by atoms with E-state index >= 15 is 0 Å². The van der Waals surface area contributed by atoms with Crippen molar-refractivity contribution in [2.75, 3.05) is 13.1 Å². The molecule has 6 heteroatoms. The SMILES string of the molecule is O=C(NCc1ccccc1)C1=NO[C@@H]2CN(Cc3ccncc3)C[C@H]12. The number of fused-ring (bicyclic) bond motifs is 1. The summed E-state index contributed by atoms with van der Waals surface area (Å²) in [5.41, 5.74) is 2.79. The Morgan fingerprint density at radius 2 is 1.92 bits per heavy atom. The summed E-state index contributed by atoms with van der Waals surface area (Å²) >= 11 is 0. The van der Waals surface area contributed by atoms with Gasteiger partial charge in [-0.1, -0.05) is 35.5 Å². The first-order valence-corrected chi connectivity index (χ1v) is 8.46. The second-order valence-electron chi connectivity index (χ2n) is 6.44. The van der Waals surface area contributed by atoms with E-state index in [1.165, 1.54) is 5.56 Å². The van der Waals surface area contributed by atoms with Crippen LogP contribution in [0.15, 0.2) is 60.0 Å². The van der Waals surface area contributed by atoms with Crippen LogP contribution >= 0.6 is 0 Å². The molecular weight excluding hydrogens is 316 g/mol. The summed E-state index contributed by atoms with van der Waals surface area (Å²) in [4.78, 5) is 24.3. The zero-order valence-corrected chi connectivity index (χ0v) is 13.8. The maximum atomic E-state index is 12.5. The summed E-state index contributed by atoms with van der Waals surface area (Å²) in [6.45, 7) is 2.89. The maximum Gasteiger partial charge on any atom is 0.269 e. The number of carbonyl (C=O) groups excluding carboxylic acids is 1. The molecule has 0 unspecified atom stereocenters. The third kappa shape index (κ3) is 3.53. The van der Waals surface area contributed by atoms with Crippen molar-refractivity contribution < 1.29 is 9.63 Å². The van der Waals surface area contributed by atoms with Gasteiger partial charge in [-0.15, -0.1) is 0 Å². The Hall–Kier alpha value is -2.73. The number of hydrogen-bond acceptors (Lipinski definition) is 5. The van der Waals surface area contributed by atoms with Gasteiger partial charge in [0.2, 0.25) is 0 Å². The minimum absolute atomic E-state index is 0.0284. The van der Waals surface area contributed by atoms with Crippen molar-refractivity contribution in [1.29, 1.82) is 0 Å². The number of rotatable bonds is 5. The van der Waals surface area contributed by atoms with Crippen LogP contribution in [0.3, 0.4) is 0 Å². The van der Waals surface area contributed by atoms with E-state index in [4.69, 9.17) is 4.84 Å². The number of aromatic nitrogens is 1. The molecule has 1 amide bonds. The Kier molecular flexibility index (Phi) is 4.43. The van der Waals surface area contributed by atoms with Crippen LogP contribution in [0.5, 0.6) is 0 Å². The number of benzene rings is 1. The number of pyridine rings is 1. The van der Waals surface area contributed by atoms with Gasteiger partial charge in [0.25, 0.3) is 5.91 Å². The number of oxime groups is 1. The fraction of sp³-hybridized carbons (Fsp3) is 0.316. The lowest BCUT2D eigenvalue weighted by atomic mass is 10.0. The van der Waals surface area contributed by atoms with Crippen LogP contribution in [0.2, 0.25) is 0 Å². The lowest BCUT2D eigenvalue weighted by Crippen LogP contribution is -2.36. The summed E-state index contributed by atoms with van der Waals surface area (Å²) in [6, 6.07) is 13.9. The third-order valence-corrected chi connectivity index (χ3v) is 4.66. The summed E-state index contributed by atoms with van der Waals surface area (Å²) in [5, 5.41) is 6.98. The molecule has 1 aromatic carbocycles. The van der Waals surface area contributed by atoms with E-state index in [1.807, 2.05) is 42.5 Å². The zero-order chi connectivity index (χ0) is 17.1. The Balaban J connectivity index is 1.34.